The summed E-state index contributed by atoms with van der Waals surface area (Å²) in [6, 6.07) is 5.24. The van der Waals surface area contributed by atoms with Crippen molar-refractivity contribution >= 4 is 56.7 Å². The number of allylic oxidation sites excluding steroid dienone is 3. The molecule has 1 amide bonds. The molecule has 2 unspecified atom stereocenters. The number of benzene rings is 1. The number of aryl methyl sites for hydroxylation is 1. The Kier molecular flexibility index (Phi) is 9.07. The first-order chi connectivity index (χ1) is 17.3. The Morgan fingerprint density at radius 2 is 1.95 bits per heavy atom. The molecule has 0 bridgehead atoms. The van der Waals surface area contributed by atoms with Gasteiger partial charge in [0.1, 0.15) is 5.52 Å². The van der Waals surface area contributed by atoms with E-state index in [1.54, 1.807) is 19.3 Å². The quantitative estimate of drug-likeness (QED) is 0.117. The van der Waals surface area contributed by atoms with Crippen molar-refractivity contribution < 1.29 is 9.59 Å². The third-order valence-electron chi connectivity index (χ3n) is 6.61. The number of anilines is 1. The molecule has 0 aliphatic rings. The second-order valence-electron chi connectivity index (χ2n) is 10.6. The maximum absolute atomic E-state index is 13.1. The second-order valence-corrected chi connectivity index (χ2v) is 11.8. The molecule has 2 heterocycles. The zero-order chi connectivity index (χ0) is 27.5. The molecule has 7 nitrogen and oxygen atoms in total. The summed E-state index contributed by atoms with van der Waals surface area (Å²) in [5.74, 6) is -0.176. The van der Waals surface area contributed by atoms with Crippen molar-refractivity contribution in [2.45, 2.75) is 60.9 Å². The van der Waals surface area contributed by atoms with Crippen LogP contribution in [-0.4, -0.2) is 32.7 Å². The maximum Gasteiger partial charge on any atom is 0.251 e. The highest BCUT2D eigenvalue weighted by molar-refractivity contribution is 14.1. The number of aromatic amines is 1. The molecule has 0 radical (unpaired) electrons. The van der Waals surface area contributed by atoms with E-state index in [4.69, 9.17) is 10.7 Å². The Morgan fingerprint density at radius 3 is 2.57 bits per heavy atom. The minimum atomic E-state index is -0.664. The lowest BCUT2D eigenvalue weighted by Gasteiger charge is -2.25. The van der Waals surface area contributed by atoms with Crippen LogP contribution >= 0.6 is 22.6 Å². The zero-order valence-corrected chi connectivity index (χ0v) is 24.7. The molecule has 2 aromatic heterocycles. The van der Waals surface area contributed by atoms with Gasteiger partial charge >= 0.3 is 0 Å². The predicted molar refractivity (Wildman–Crippen MR) is 159 cm³/mol. The van der Waals surface area contributed by atoms with Gasteiger partial charge in [0.05, 0.1) is 23.5 Å². The average molecular weight is 614 g/mol. The monoisotopic (exact) mass is 613 g/mol. The van der Waals surface area contributed by atoms with Gasteiger partial charge in [-0.3, -0.25) is 9.59 Å². The summed E-state index contributed by atoms with van der Waals surface area (Å²) in [7, 11) is 0. The second kappa shape index (κ2) is 11.7. The van der Waals surface area contributed by atoms with Gasteiger partial charge in [-0.1, -0.05) is 46.8 Å². The first-order valence-corrected chi connectivity index (χ1v) is 13.5. The van der Waals surface area contributed by atoms with Crippen LogP contribution in [0.5, 0.6) is 0 Å². The summed E-state index contributed by atoms with van der Waals surface area (Å²) in [6.07, 6.45) is 7.95. The summed E-state index contributed by atoms with van der Waals surface area (Å²) in [4.78, 5) is 38.4. The predicted octanol–water partition coefficient (Wildman–Crippen LogP) is 6.44. The lowest BCUT2D eigenvalue weighted by atomic mass is 9.83. The van der Waals surface area contributed by atoms with Crippen LogP contribution in [0.4, 0.5) is 5.69 Å². The number of carbonyl (C=O) groups is 2. The molecule has 0 saturated carbocycles. The van der Waals surface area contributed by atoms with Crippen molar-refractivity contribution in [1.82, 2.24) is 15.0 Å². The molecular formula is C29H36IN5O2. The van der Waals surface area contributed by atoms with Crippen LogP contribution in [0.15, 0.2) is 48.3 Å². The zero-order valence-electron chi connectivity index (χ0n) is 22.6. The number of aromatic nitrogens is 3. The van der Waals surface area contributed by atoms with Crippen molar-refractivity contribution in [3.8, 4) is 0 Å². The summed E-state index contributed by atoms with van der Waals surface area (Å²) >= 11 is 2.25. The number of hydrogen-bond acceptors (Lipinski definition) is 5. The molecule has 2 atom stereocenters. The van der Waals surface area contributed by atoms with E-state index in [0.29, 0.717) is 28.0 Å². The van der Waals surface area contributed by atoms with Crippen molar-refractivity contribution in [2.24, 2.45) is 17.1 Å². The molecule has 37 heavy (non-hydrogen) atoms. The molecule has 196 valence electrons. The highest BCUT2D eigenvalue weighted by Gasteiger charge is 2.30. The molecule has 8 heteroatoms. The lowest BCUT2D eigenvalue weighted by Crippen LogP contribution is -2.42. The molecule has 4 N–H and O–H groups in total. The Morgan fingerprint density at radius 1 is 1.24 bits per heavy atom. The minimum absolute atomic E-state index is 0.159. The third kappa shape index (κ3) is 6.73. The molecule has 0 fully saturated rings. The number of H-pyrrole nitrogens is 1. The maximum atomic E-state index is 13.1. The van der Waals surface area contributed by atoms with E-state index in [1.807, 2.05) is 58.0 Å². The van der Waals surface area contributed by atoms with Crippen LogP contribution in [-0.2, 0) is 4.79 Å². The standard InChI is InChI=1S/C29H36IN5O2/c1-8-16(2)20(11-9-17(3)28(37)35-22-12-10-19(30)13-18(22)4)23-15-33-27-24(34-23)21(14-32-27)25(36)26(31)29(5,6)7/h9-16,26H,8,31H2,1-7H3,(H,32,33)(H,35,37)/b17-9+,20-11+. The summed E-state index contributed by atoms with van der Waals surface area (Å²) in [5.41, 5.74) is 11.3. The Balaban J connectivity index is 1.96. The van der Waals surface area contributed by atoms with E-state index in [2.05, 4.69) is 51.7 Å². The van der Waals surface area contributed by atoms with Gasteiger partial charge in [0.15, 0.2) is 11.4 Å². The van der Waals surface area contributed by atoms with Crippen molar-refractivity contribution in [2.75, 3.05) is 5.32 Å². The van der Waals surface area contributed by atoms with Gasteiger partial charge in [-0.2, -0.15) is 0 Å². The van der Waals surface area contributed by atoms with E-state index in [0.717, 1.165) is 26.8 Å². The first-order valence-electron chi connectivity index (χ1n) is 12.4. The third-order valence-corrected chi connectivity index (χ3v) is 7.28. The molecule has 0 spiro atoms. The topological polar surface area (TPSA) is 114 Å². The van der Waals surface area contributed by atoms with Gasteiger partial charge in [0.2, 0.25) is 0 Å². The molecule has 0 saturated heterocycles. The lowest BCUT2D eigenvalue weighted by molar-refractivity contribution is -0.112. The molecule has 0 aliphatic carbocycles. The van der Waals surface area contributed by atoms with Gasteiger partial charge in [-0.15, -0.1) is 0 Å². The number of amides is 1. The van der Waals surface area contributed by atoms with E-state index in [9.17, 15) is 9.59 Å². The number of fused-ring (bicyclic) bond motifs is 1. The van der Waals surface area contributed by atoms with Crippen molar-refractivity contribution in [1.29, 1.82) is 0 Å². The normalized spacial score (nSPS) is 14.5. The van der Waals surface area contributed by atoms with Crippen molar-refractivity contribution in [3.05, 3.63) is 68.7 Å². The molecule has 0 aliphatic heterocycles. The summed E-state index contributed by atoms with van der Waals surface area (Å²) < 4.78 is 1.12. The van der Waals surface area contributed by atoms with Gasteiger partial charge < -0.3 is 16.0 Å². The fraction of sp³-hybridized carbons (Fsp3) is 0.379. The van der Waals surface area contributed by atoms with E-state index in [1.165, 1.54) is 0 Å². The van der Waals surface area contributed by atoms with Gasteiger partial charge in [-0.05, 0) is 83.5 Å². The Bertz CT molecular complexity index is 1380. The largest absolute Gasteiger partial charge is 0.344 e. The highest BCUT2D eigenvalue weighted by atomic mass is 127. The fourth-order valence-electron chi connectivity index (χ4n) is 3.78. The van der Waals surface area contributed by atoms with Gasteiger partial charge in [-0.25, -0.2) is 9.97 Å². The van der Waals surface area contributed by atoms with Crippen LogP contribution < -0.4 is 11.1 Å². The number of halogens is 1. The van der Waals surface area contributed by atoms with Crippen LogP contribution in [0, 0.1) is 21.8 Å². The number of nitrogens with two attached hydrogens (primary N) is 1. The number of hydrogen-bond donors (Lipinski definition) is 3. The first kappa shape index (κ1) is 28.7. The molecule has 3 rings (SSSR count). The number of ketones is 1. The Labute approximate surface area is 232 Å². The smallest absolute Gasteiger partial charge is 0.251 e. The molecule has 3 aromatic rings. The van der Waals surface area contributed by atoms with Gasteiger partial charge in [0, 0.05) is 21.0 Å². The van der Waals surface area contributed by atoms with Crippen LogP contribution in [0.1, 0.15) is 69.6 Å². The molecule has 1 aromatic carbocycles. The van der Waals surface area contributed by atoms with E-state index < -0.39 is 6.04 Å². The van der Waals surface area contributed by atoms with Crippen LogP contribution in [0.2, 0.25) is 0 Å². The fourth-order valence-corrected chi connectivity index (χ4v) is 4.43. The summed E-state index contributed by atoms with van der Waals surface area (Å²) in [6.45, 7) is 13.8. The number of nitrogens with one attached hydrogen (secondary N) is 2. The van der Waals surface area contributed by atoms with Crippen LogP contribution in [0.25, 0.3) is 16.7 Å². The van der Waals surface area contributed by atoms with E-state index in [-0.39, 0.29) is 23.0 Å². The Hall–Kier alpha value is -2.85. The molecular weight excluding hydrogens is 577 g/mol. The average Bonchev–Trinajstić information content (AvgIpc) is 3.27. The number of Topliss-reactive ketones (excluding diaryl/α,β-unsaturated/α-hetero) is 1. The van der Waals surface area contributed by atoms with Crippen molar-refractivity contribution in [3.63, 3.8) is 0 Å². The van der Waals surface area contributed by atoms with E-state index >= 15 is 0 Å². The minimum Gasteiger partial charge on any atom is -0.344 e. The SMILES string of the molecule is CCC(C)/C(=C\C=C(/C)C(=O)Nc1ccc(I)cc1C)c1cnc2[nH]cc(C(=O)C(N)C(C)(C)C)c2n1. The summed E-state index contributed by atoms with van der Waals surface area (Å²) in [5, 5.41) is 2.99. The number of carbonyl (C=O) groups excluding carboxylic acids is 2. The number of rotatable bonds is 8. The number of nitrogens with zero attached hydrogens (tertiary/aromatic N) is 2. The highest BCUT2D eigenvalue weighted by Crippen LogP contribution is 2.28. The van der Waals surface area contributed by atoms with Crippen LogP contribution in [0.3, 0.4) is 0 Å². The van der Waals surface area contributed by atoms with Gasteiger partial charge in [0.25, 0.3) is 5.91 Å².